The number of amides is 2. The molecule has 0 spiro atoms. The van der Waals surface area contributed by atoms with Crippen molar-refractivity contribution in [2.75, 3.05) is 6.61 Å². The van der Waals surface area contributed by atoms with Gasteiger partial charge in [-0.1, -0.05) is 18.2 Å². The van der Waals surface area contributed by atoms with Crippen molar-refractivity contribution in [1.82, 2.24) is 10.2 Å². The van der Waals surface area contributed by atoms with E-state index in [9.17, 15) is 24.5 Å². The quantitative estimate of drug-likeness (QED) is 0.270. The van der Waals surface area contributed by atoms with E-state index in [1.165, 1.54) is 40.9 Å². The van der Waals surface area contributed by atoms with Gasteiger partial charge in [-0.05, 0) is 36.8 Å². The maximum absolute atomic E-state index is 12.6. The van der Waals surface area contributed by atoms with Gasteiger partial charge in [-0.15, -0.1) is 11.8 Å². The topological polar surface area (TPSA) is 128 Å². The number of nitrogens with one attached hydrogen (secondary N) is 1. The first-order chi connectivity index (χ1) is 15.8. The Labute approximate surface area is 192 Å². The number of carbonyl (C=O) groups excluding carboxylic acids is 3. The summed E-state index contributed by atoms with van der Waals surface area (Å²) in [4.78, 5) is 49.6. The van der Waals surface area contributed by atoms with E-state index in [0.717, 1.165) is 0 Å². The van der Waals surface area contributed by atoms with E-state index in [-0.39, 0.29) is 24.6 Å². The number of fused-ring (bicyclic) bond motifs is 1. The molecule has 11 heteroatoms. The maximum atomic E-state index is 12.6. The fraction of sp³-hybridized carbons (Fsp3) is 0.227. The van der Waals surface area contributed by atoms with Crippen LogP contribution in [0.2, 0.25) is 0 Å². The molecular formula is C22H19N3O7S. The number of non-ortho nitro benzene ring substituents is 1. The molecule has 0 bridgehead atoms. The minimum atomic E-state index is -0.767. The van der Waals surface area contributed by atoms with Crippen LogP contribution < -0.4 is 10.1 Å². The molecule has 4 rings (SSSR count). The van der Waals surface area contributed by atoms with Crippen LogP contribution in [-0.4, -0.2) is 45.6 Å². The average Bonchev–Trinajstić information content (AvgIpc) is 3.13. The Morgan fingerprint density at radius 3 is 2.52 bits per heavy atom. The van der Waals surface area contributed by atoms with E-state index in [1.807, 2.05) is 6.07 Å². The van der Waals surface area contributed by atoms with Crippen LogP contribution >= 0.6 is 11.8 Å². The lowest BCUT2D eigenvalue weighted by molar-refractivity contribution is -0.384. The largest absolute Gasteiger partial charge is 0.484 e. The molecule has 33 heavy (non-hydrogen) atoms. The normalized spacial score (nSPS) is 18.9. The van der Waals surface area contributed by atoms with Crippen molar-refractivity contribution >= 4 is 35.2 Å². The Morgan fingerprint density at radius 2 is 1.85 bits per heavy atom. The average molecular weight is 469 g/mol. The fourth-order valence-corrected chi connectivity index (χ4v) is 4.71. The highest BCUT2D eigenvalue weighted by molar-refractivity contribution is 8.04. The Morgan fingerprint density at radius 1 is 1.15 bits per heavy atom. The summed E-state index contributed by atoms with van der Waals surface area (Å²) in [5, 5.41) is 12.9. The molecule has 170 valence electrons. The van der Waals surface area contributed by atoms with Crippen LogP contribution in [-0.2, 0) is 25.7 Å². The van der Waals surface area contributed by atoms with Crippen LogP contribution in [0, 0.1) is 10.1 Å². The zero-order valence-corrected chi connectivity index (χ0v) is 18.2. The second-order valence-corrected chi connectivity index (χ2v) is 8.60. The molecule has 2 heterocycles. The van der Waals surface area contributed by atoms with Gasteiger partial charge in [0.15, 0.2) is 6.61 Å². The van der Waals surface area contributed by atoms with Crippen LogP contribution in [0.4, 0.5) is 5.69 Å². The van der Waals surface area contributed by atoms with Crippen LogP contribution in [0.3, 0.4) is 0 Å². The Bertz CT molecular complexity index is 1130. The number of ether oxygens (including phenoxy) is 2. The van der Waals surface area contributed by atoms with E-state index in [1.54, 1.807) is 31.2 Å². The summed E-state index contributed by atoms with van der Waals surface area (Å²) < 4.78 is 10.7. The number of esters is 1. The van der Waals surface area contributed by atoms with Crippen LogP contribution in [0.15, 0.2) is 65.2 Å². The summed E-state index contributed by atoms with van der Waals surface area (Å²) >= 11 is 1.30. The van der Waals surface area contributed by atoms with Gasteiger partial charge in [0.1, 0.15) is 29.5 Å². The summed E-state index contributed by atoms with van der Waals surface area (Å²) in [7, 11) is 0. The summed E-state index contributed by atoms with van der Waals surface area (Å²) in [6.07, 6.45) is 0. The molecule has 2 aliphatic heterocycles. The molecular weight excluding hydrogens is 450 g/mol. The lowest BCUT2D eigenvalue weighted by atomic mass is 10.1. The number of benzene rings is 2. The molecule has 2 aromatic rings. The van der Waals surface area contributed by atoms with Gasteiger partial charge in [0.25, 0.3) is 17.5 Å². The molecule has 2 atom stereocenters. The fourth-order valence-electron chi connectivity index (χ4n) is 3.42. The highest BCUT2D eigenvalue weighted by Gasteiger charge is 2.56. The van der Waals surface area contributed by atoms with E-state index in [2.05, 4.69) is 5.32 Å². The van der Waals surface area contributed by atoms with E-state index >= 15 is 0 Å². The second kappa shape index (κ2) is 9.33. The predicted molar refractivity (Wildman–Crippen MR) is 118 cm³/mol. The number of allylic oxidation sites excluding steroid dienone is 1. The van der Waals surface area contributed by atoms with Crippen molar-refractivity contribution in [2.24, 2.45) is 0 Å². The molecule has 0 aromatic heterocycles. The minimum absolute atomic E-state index is 0.0629. The Kier molecular flexibility index (Phi) is 6.31. The molecule has 2 aromatic carbocycles. The van der Waals surface area contributed by atoms with Gasteiger partial charge in [-0.25, -0.2) is 4.79 Å². The molecule has 1 saturated heterocycles. The summed E-state index contributed by atoms with van der Waals surface area (Å²) in [6.45, 7) is 1.37. The number of nitro groups is 1. The third-order valence-electron chi connectivity index (χ3n) is 5.06. The van der Waals surface area contributed by atoms with Crippen LogP contribution in [0.5, 0.6) is 5.75 Å². The zero-order valence-electron chi connectivity index (χ0n) is 17.4. The predicted octanol–water partition coefficient (Wildman–Crippen LogP) is 2.35. The first-order valence-corrected chi connectivity index (χ1v) is 10.8. The highest BCUT2D eigenvalue weighted by Crippen LogP contribution is 2.46. The number of β-lactam (4-membered cyclic amide) rings is 1. The third-order valence-corrected chi connectivity index (χ3v) is 6.33. The number of para-hydroxylation sites is 1. The molecule has 10 nitrogen and oxygen atoms in total. The summed E-state index contributed by atoms with van der Waals surface area (Å²) in [5.74, 6) is -0.976. The highest BCUT2D eigenvalue weighted by atomic mass is 32.2. The second-order valence-electron chi connectivity index (χ2n) is 7.27. The SMILES string of the molecule is CC1=C(C(=O)OCc2ccc([N+](=O)[O-])cc2)N2C(=O)[C@@H](NC(=O)COc3ccccc3)[C@@H]2S1. The molecule has 2 amide bonds. The van der Waals surface area contributed by atoms with Crippen LogP contribution in [0.1, 0.15) is 12.5 Å². The first kappa shape index (κ1) is 22.3. The number of thioether (sulfide) groups is 1. The molecule has 1 fully saturated rings. The van der Waals surface area contributed by atoms with Crippen molar-refractivity contribution < 1.29 is 28.8 Å². The molecule has 0 radical (unpaired) electrons. The van der Waals surface area contributed by atoms with Gasteiger partial charge in [-0.2, -0.15) is 0 Å². The Balaban J connectivity index is 1.30. The van der Waals surface area contributed by atoms with Gasteiger partial charge in [0, 0.05) is 17.0 Å². The lowest BCUT2D eigenvalue weighted by Gasteiger charge is -2.42. The monoisotopic (exact) mass is 469 g/mol. The summed E-state index contributed by atoms with van der Waals surface area (Å²) in [6, 6.07) is 13.7. The summed E-state index contributed by atoms with van der Waals surface area (Å²) in [5.41, 5.74) is 0.655. The van der Waals surface area contributed by atoms with E-state index in [0.29, 0.717) is 16.2 Å². The van der Waals surface area contributed by atoms with Crippen molar-refractivity contribution in [3.05, 3.63) is 80.9 Å². The minimum Gasteiger partial charge on any atom is -0.484 e. The molecule has 0 aliphatic carbocycles. The van der Waals surface area contributed by atoms with Crippen molar-refractivity contribution in [2.45, 2.75) is 24.9 Å². The Hall–Kier alpha value is -3.86. The van der Waals surface area contributed by atoms with E-state index in [4.69, 9.17) is 9.47 Å². The van der Waals surface area contributed by atoms with Gasteiger partial charge in [0.05, 0.1) is 4.92 Å². The van der Waals surface area contributed by atoms with Gasteiger partial charge < -0.3 is 14.8 Å². The number of hydrogen-bond donors (Lipinski definition) is 1. The molecule has 0 saturated carbocycles. The van der Waals surface area contributed by atoms with Gasteiger partial charge in [0.2, 0.25) is 0 Å². The van der Waals surface area contributed by atoms with Crippen molar-refractivity contribution in [3.63, 3.8) is 0 Å². The first-order valence-electron chi connectivity index (χ1n) is 9.93. The van der Waals surface area contributed by atoms with E-state index < -0.39 is 34.1 Å². The maximum Gasteiger partial charge on any atom is 0.356 e. The molecule has 0 unspecified atom stereocenters. The number of nitrogens with zero attached hydrogens (tertiary/aromatic N) is 2. The number of nitro benzene ring substituents is 1. The van der Waals surface area contributed by atoms with Gasteiger partial charge in [-0.3, -0.25) is 24.6 Å². The number of hydrogen-bond acceptors (Lipinski definition) is 8. The van der Waals surface area contributed by atoms with Crippen LogP contribution in [0.25, 0.3) is 0 Å². The lowest BCUT2D eigenvalue weighted by Crippen LogP contribution is -2.68. The van der Waals surface area contributed by atoms with Crippen molar-refractivity contribution in [3.8, 4) is 5.75 Å². The molecule has 1 N–H and O–H groups in total. The zero-order chi connectivity index (χ0) is 23.5. The van der Waals surface area contributed by atoms with Gasteiger partial charge >= 0.3 is 5.97 Å². The number of carbonyl (C=O) groups is 3. The third kappa shape index (κ3) is 4.67. The smallest absolute Gasteiger partial charge is 0.356 e. The molecule has 2 aliphatic rings. The van der Waals surface area contributed by atoms with Crippen molar-refractivity contribution in [1.29, 1.82) is 0 Å². The standard InChI is InChI=1S/C22H19N3O7S/c1-13-19(22(28)32-11-14-7-9-15(10-8-14)25(29)30)24-20(27)18(21(24)33-13)23-17(26)12-31-16-5-3-2-4-6-16/h2-10,18,21H,11-12H2,1H3,(H,23,26)/t18-,21+/m1/s1. The number of rotatable bonds is 8.